The molecule has 0 aliphatic carbocycles. The standard InChI is InChI=1S/C15H21O8P/c1-6-22-15(16)8-7-11-9-13(18-2)14(19-3)10-12(11)23-24(17,20-4)21-5/h7-10H,6H2,1-5H3/b8-7-. The summed E-state index contributed by atoms with van der Waals surface area (Å²) in [5.74, 6) is 0.345. The van der Waals surface area contributed by atoms with Crippen molar-refractivity contribution in [1.82, 2.24) is 0 Å². The first kappa shape index (κ1) is 20.0. The molecule has 0 aromatic heterocycles. The second-order valence-electron chi connectivity index (χ2n) is 4.23. The molecule has 0 aliphatic rings. The molecule has 0 radical (unpaired) electrons. The molecule has 0 heterocycles. The Morgan fingerprint density at radius 3 is 2.12 bits per heavy atom. The van der Waals surface area contributed by atoms with Crippen LogP contribution in [0.25, 0.3) is 6.08 Å². The Labute approximate surface area is 140 Å². The van der Waals surface area contributed by atoms with E-state index < -0.39 is 13.8 Å². The highest BCUT2D eigenvalue weighted by Gasteiger charge is 2.26. The zero-order chi connectivity index (χ0) is 18.2. The van der Waals surface area contributed by atoms with Gasteiger partial charge in [0, 0.05) is 31.9 Å². The van der Waals surface area contributed by atoms with Gasteiger partial charge in [-0.1, -0.05) is 0 Å². The zero-order valence-corrected chi connectivity index (χ0v) is 15.1. The van der Waals surface area contributed by atoms with Crippen molar-refractivity contribution in [2.75, 3.05) is 35.0 Å². The van der Waals surface area contributed by atoms with E-state index in [9.17, 15) is 9.36 Å². The summed E-state index contributed by atoms with van der Waals surface area (Å²) < 4.78 is 42.3. The van der Waals surface area contributed by atoms with E-state index in [0.29, 0.717) is 17.1 Å². The number of rotatable bonds is 9. The van der Waals surface area contributed by atoms with Gasteiger partial charge in [-0.05, 0) is 19.1 Å². The van der Waals surface area contributed by atoms with Crippen molar-refractivity contribution in [2.24, 2.45) is 0 Å². The lowest BCUT2D eigenvalue weighted by molar-refractivity contribution is -0.137. The van der Waals surface area contributed by atoms with Crippen molar-refractivity contribution < 1.29 is 37.1 Å². The van der Waals surface area contributed by atoms with Crippen LogP contribution in [0.15, 0.2) is 18.2 Å². The fourth-order valence-corrected chi connectivity index (χ4v) is 2.40. The highest BCUT2D eigenvalue weighted by atomic mass is 31.2. The summed E-state index contributed by atoms with van der Waals surface area (Å²) in [6, 6.07) is 3.01. The quantitative estimate of drug-likeness (QED) is 0.377. The van der Waals surface area contributed by atoms with Crippen LogP contribution in [0.4, 0.5) is 0 Å². The van der Waals surface area contributed by atoms with Gasteiger partial charge in [-0.25, -0.2) is 9.36 Å². The third-order valence-electron chi connectivity index (χ3n) is 2.86. The first-order valence-corrected chi connectivity index (χ1v) is 8.41. The second-order valence-corrected chi connectivity index (χ2v) is 6.04. The number of esters is 1. The summed E-state index contributed by atoms with van der Waals surface area (Å²) >= 11 is 0. The Hall–Kier alpha value is -2.02. The molecule has 1 aromatic rings. The minimum atomic E-state index is -3.79. The van der Waals surface area contributed by atoms with Gasteiger partial charge in [0.05, 0.1) is 20.8 Å². The van der Waals surface area contributed by atoms with Crippen molar-refractivity contribution in [2.45, 2.75) is 6.92 Å². The molecule has 9 heteroatoms. The van der Waals surface area contributed by atoms with Crippen LogP contribution >= 0.6 is 7.82 Å². The molecule has 0 aliphatic heterocycles. The lowest BCUT2D eigenvalue weighted by Gasteiger charge is -2.18. The molecule has 0 N–H and O–H groups in total. The maximum Gasteiger partial charge on any atom is 0.529 e. The number of hydrogen-bond acceptors (Lipinski definition) is 8. The predicted molar refractivity (Wildman–Crippen MR) is 87.5 cm³/mol. The third-order valence-corrected chi connectivity index (χ3v) is 4.17. The van der Waals surface area contributed by atoms with E-state index in [1.807, 2.05) is 0 Å². The average Bonchev–Trinajstić information content (AvgIpc) is 2.60. The molecular weight excluding hydrogens is 339 g/mol. The highest BCUT2D eigenvalue weighted by Crippen LogP contribution is 2.50. The highest BCUT2D eigenvalue weighted by molar-refractivity contribution is 7.48. The average molecular weight is 360 g/mol. The number of carbonyl (C=O) groups excluding carboxylic acids is 1. The summed E-state index contributed by atoms with van der Waals surface area (Å²) in [5, 5.41) is 0. The van der Waals surface area contributed by atoms with E-state index in [-0.39, 0.29) is 12.4 Å². The van der Waals surface area contributed by atoms with Crippen molar-refractivity contribution in [1.29, 1.82) is 0 Å². The van der Waals surface area contributed by atoms with Gasteiger partial charge in [-0.15, -0.1) is 0 Å². The lowest BCUT2D eigenvalue weighted by atomic mass is 10.1. The van der Waals surface area contributed by atoms with Crippen molar-refractivity contribution in [3.8, 4) is 17.2 Å². The molecule has 1 rings (SSSR count). The normalized spacial score (nSPS) is 11.4. The molecule has 0 fully saturated rings. The van der Waals surface area contributed by atoms with Crippen molar-refractivity contribution >= 4 is 19.9 Å². The molecule has 0 atom stereocenters. The Bertz CT molecular complexity index is 633. The van der Waals surface area contributed by atoms with E-state index in [0.717, 1.165) is 0 Å². The third kappa shape index (κ3) is 5.26. The maximum atomic E-state index is 12.2. The lowest BCUT2D eigenvalue weighted by Crippen LogP contribution is -2.01. The van der Waals surface area contributed by atoms with E-state index in [1.54, 1.807) is 13.0 Å². The molecule has 8 nitrogen and oxygen atoms in total. The molecular formula is C15H21O8P. The summed E-state index contributed by atoms with van der Waals surface area (Å²) in [4.78, 5) is 11.5. The zero-order valence-electron chi connectivity index (χ0n) is 14.2. The van der Waals surface area contributed by atoms with Crippen LogP contribution < -0.4 is 14.0 Å². The smallest absolute Gasteiger partial charge is 0.493 e. The molecule has 1 aromatic carbocycles. The number of phosphoric acid groups is 1. The summed E-state index contributed by atoms with van der Waals surface area (Å²) in [6.45, 7) is 1.95. The largest absolute Gasteiger partial charge is 0.529 e. The van der Waals surface area contributed by atoms with E-state index in [4.69, 9.17) is 27.8 Å². The van der Waals surface area contributed by atoms with E-state index >= 15 is 0 Å². The van der Waals surface area contributed by atoms with Crippen LogP contribution in [0.3, 0.4) is 0 Å². The van der Waals surface area contributed by atoms with Gasteiger partial charge < -0.3 is 18.7 Å². The topological polar surface area (TPSA) is 89.5 Å². The summed E-state index contributed by atoms with van der Waals surface area (Å²) in [7, 11) is 1.51. The SMILES string of the molecule is CCOC(=O)/C=C\c1cc(OC)c(OC)cc1OP(=O)(OC)OC. The second kappa shape index (κ2) is 9.32. The van der Waals surface area contributed by atoms with Gasteiger partial charge in [0.25, 0.3) is 0 Å². The number of ether oxygens (including phenoxy) is 3. The van der Waals surface area contributed by atoms with E-state index in [2.05, 4.69) is 0 Å². The van der Waals surface area contributed by atoms with Gasteiger partial charge in [0.2, 0.25) is 0 Å². The van der Waals surface area contributed by atoms with Crippen LogP contribution in [-0.2, 0) is 23.1 Å². The number of phosphoric ester groups is 1. The summed E-state index contributed by atoms with van der Waals surface area (Å²) in [6.07, 6.45) is 2.65. The Morgan fingerprint density at radius 2 is 1.62 bits per heavy atom. The monoisotopic (exact) mass is 360 g/mol. The van der Waals surface area contributed by atoms with Crippen molar-refractivity contribution in [3.05, 3.63) is 23.8 Å². The fourth-order valence-electron chi connectivity index (χ4n) is 1.70. The molecule has 24 heavy (non-hydrogen) atoms. The molecule has 0 amide bonds. The molecule has 0 spiro atoms. The molecule has 0 saturated heterocycles. The van der Waals surface area contributed by atoms with Gasteiger partial charge in [0.1, 0.15) is 5.75 Å². The van der Waals surface area contributed by atoms with Crippen LogP contribution in [0.5, 0.6) is 17.2 Å². The number of methoxy groups -OCH3 is 2. The van der Waals surface area contributed by atoms with Crippen LogP contribution in [0, 0.1) is 0 Å². The molecule has 0 unspecified atom stereocenters. The fraction of sp³-hybridized carbons (Fsp3) is 0.400. The molecule has 0 saturated carbocycles. The van der Waals surface area contributed by atoms with Crippen LogP contribution in [-0.4, -0.2) is 41.0 Å². The maximum absolute atomic E-state index is 12.2. The minimum absolute atomic E-state index is 0.125. The van der Waals surface area contributed by atoms with Gasteiger partial charge >= 0.3 is 13.8 Å². The Kier molecular flexibility index (Phi) is 7.78. The molecule has 0 bridgehead atoms. The number of carbonyl (C=O) groups is 1. The Balaban J connectivity index is 3.31. The Morgan fingerprint density at radius 1 is 1.04 bits per heavy atom. The predicted octanol–water partition coefficient (Wildman–Crippen LogP) is 3.06. The summed E-state index contributed by atoms with van der Waals surface area (Å²) in [5.41, 5.74) is 0.398. The first-order chi connectivity index (χ1) is 11.4. The van der Waals surface area contributed by atoms with Gasteiger partial charge in [-0.2, -0.15) is 0 Å². The number of benzene rings is 1. The first-order valence-electron chi connectivity index (χ1n) is 6.95. The van der Waals surface area contributed by atoms with Gasteiger partial charge in [0.15, 0.2) is 11.5 Å². The van der Waals surface area contributed by atoms with Crippen LogP contribution in [0.2, 0.25) is 0 Å². The molecule has 134 valence electrons. The van der Waals surface area contributed by atoms with E-state index in [1.165, 1.54) is 46.7 Å². The number of hydrogen-bond donors (Lipinski definition) is 0. The minimum Gasteiger partial charge on any atom is -0.493 e. The van der Waals surface area contributed by atoms with Crippen LogP contribution in [0.1, 0.15) is 12.5 Å². The van der Waals surface area contributed by atoms with Crippen molar-refractivity contribution in [3.63, 3.8) is 0 Å². The van der Waals surface area contributed by atoms with Gasteiger partial charge in [-0.3, -0.25) is 9.05 Å².